The van der Waals surface area contributed by atoms with Crippen molar-refractivity contribution < 1.29 is 18.0 Å². The van der Waals surface area contributed by atoms with Gasteiger partial charge < -0.3 is 9.73 Å². The van der Waals surface area contributed by atoms with Crippen molar-refractivity contribution in [3.63, 3.8) is 0 Å². The molecule has 0 fully saturated rings. The molecule has 0 saturated carbocycles. The van der Waals surface area contributed by atoms with Crippen LogP contribution in [0.15, 0.2) is 39.2 Å². The van der Waals surface area contributed by atoms with Crippen molar-refractivity contribution >= 4 is 39.9 Å². The van der Waals surface area contributed by atoms with Gasteiger partial charge in [0.2, 0.25) is 5.89 Å². The Morgan fingerprint density at radius 2 is 2.12 bits per heavy atom. The number of thioether (sulfide) groups is 1. The van der Waals surface area contributed by atoms with Gasteiger partial charge in [0.1, 0.15) is 17.4 Å². The molecule has 0 spiro atoms. The number of carbonyl (C=O) groups is 1. The predicted molar refractivity (Wildman–Crippen MR) is 96.6 cm³/mol. The quantitative estimate of drug-likeness (QED) is 0.579. The molecular weight excluding hydrogens is 382 g/mol. The fourth-order valence-corrected chi connectivity index (χ4v) is 3.66. The average molecular weight is 396 g/mol. The number of anilines is 2. The Bertz CT molecular complexity index is 913. The number of hydrogen-bond acceptors (Lipinski definition) is 6. The summed E-state index contributed by atoms with van der Waals surface area (Å²) in [6.45, 7) is 1.99. The van der Waals surface area contributed by atoms with Crippen LogP contribution < -0.4 is 10.6 Å². The van der Waals surface area contributed by atoms with Crippen LogP contribution >= 0.6 is 23.1 Å². The van der Waals surface area contributed by atoms with E-state index in [1.54, 1.807) is 12.4 Å². The number of oxazole rings is 1. The molecule has 2 amide bonds. The number of urea groups is 1. The lowest BCUT2D eigenvalue weighted by atomic mass is 10.3. The number of carbonyl (C=O) groups excluding carboxylic acids is 1. The van der Waals surface area contributed by atoms with Crippen LogP contribution in [0.2, 0.25) is 0 Å². The molecule has 26 heavy (non-hydrogen) atoms. The molecule has 10 heteroatoms. The number of amides is 2. The molecule has 136 valence electrons. The standard InChI is InChI=1S/C16H14F2N4O2S2/c1-2-10-6-19-13(24-10)8-25-14-7-20-16(26-14)22-15(23)21-12-4-3-9(17)5-11(12)18/h3-7H,2,8H2,1H3,(H2,20,21,22,23). The summed E-state index contributed by atoms with van der Waals surface area (Å²) in [4.78, 5) is 20.2. The van der Waals surface area contributed by atoms with Gasteiger partial charge in [-0.1, -0.05) is 18.3 Å². The molecule has 0 unspecified atom stereocenters. The van der Waals surface area contributed by atoms with Gasteiger partial charge in [0.05, 0.1) is 28.0 Å². The molecule has 3 rings (SSSR count). The molecule has 2 N–H and O–H groups in total. The maximum Gasteiger partial charge on any atom is 0.325 e. The lowest BCUT2D eigenvalue weighted by molar-refractivity contribution is 0.262. The number of thiazole rings is 1. The van der Waals surface area contributed by atoms with Crippen LogP contribution in [0.25, 0.3) is 0 Å². The highest BCUT2D eigenvalue weighted by Gasteiger charge is 2.11. The predicted octanol–water partition coefficient (Wildman–Crippen LogP) is 4.91. The van der Waals surface area contributed by atoms with Crippen molar-refractivity contribution in [2.24, 2.45) is 0 Å². The van der Waals surface area contributed by atoms with E-state index in [1.807, 2.05) is 6.92 Å². The Hall–Kier alpha value is -2.46. The van der Waals surface area contributed by atoms with E-state index in [1.165, 1.54) is 23.1 Å². The Labute approximate surface area is 156 Å². The zero-order valence-electron chi connectivity index (χ0n) is 13.6. The van der Waals surface area contributed by atoms with E-state index in [4.69, 9.17) is 4.42 Å². The van der Waals surface area contributed by atoms with Crippen molar-refractivity contribution in [3.8, 4) is 0 Å². The second-order valence-corrected chi connectivity index (χ2v) is 7.36. The van der Waals surface area contributed by atoms with Crippen molar-refractivity contribution in [2.45, 2.75) is 23.3 Å². The molecule has 3 aromatic rings. The Morgan fingerprint density at radius 1 is 1.27 bits per heavy atom. The number of aryl methyl sites for hydroxylation is 1. The summed E-state index contributed by atoms with van der Waals surface area (Å²) in [6.07, 6.45) is 4.11. The normalized spacial score (nSPS) is 10.7. The third kappa shape index (κ3) is 4.79. The number of hydrogen-bond donors (Lipinski definition) is 2. The van der Waals surface area contributed by atoms with Gasteiger partial charge in [-0.2, -0.15) is 0 Å². The van der Waals surface area contributed by atoms with Crippen molar-refractivity contribution in [1.29, 1.82) is 0 Å². The molecule has 2 aromatic heterocycles. The summed E-state index contributed by atoms with van der Waals surface area (Å²) in [6, 6.07) is 2.24. The molecule has 0 aliphatic rings. The maximum atomic E-state index is 13.5. The van der Waals surface area contributed by atoms with Crippen LogP contribution in [0.4, 0.5) is 24.4 Å². The van der Waals surface area contributed by atoms with Crippen LogP contribution in [-0.2, 0) is 12.2 Å². The van der Waals surface area contributed by atoms with E-state index >= 15 is 0 Å². The highest BCUT2D eigenvalue weighted by molar-refractivity contribution is 8.00. The number of halogens is 2. The summed E-state index contributed by atoms with van der Waals surface area (Å²) in [7, 11) is 0. The molecule has 0 aliphatic heterocycles. The largest absolute Gasteiger partial charge is 0.445 e. The topological polar surface area (TPSA) is 80.0 Å². The van der Waals surface area contributed by atoms with Gasteiger partial charge in [-0.25, -0.2) is 23.5 Å². The fraction of sp³-hybridized carbons (Fsp3) is 0.188. The number of benzene rings is 1. The van der Waals surface area contributed by atoms with Crippen molar-refractivity contribution in [3.05, 3.63) is 53.9 Å². The zero-order chi connectivity index (χ0) is 18.5. The van der Waals surface area contributed by atoms with Crippen LogP contribution in [0, 0.1) is 11.6 Å². The smallest absolute Gasteiger partial charge is 0.325 e. The van der Waals surface area contributed by atoms with Crippen LogP contribution in [0.1, 0.15) is 18.6 Å². The summed E-state index contributed by atoms with van der Waals surface area (Å²) >= 11 is 2.75. The minimum Gasteiger partial charge on any atom is -0.445 e. The SMILES string of the molecule is CCc1cnc(CSc2cnc(NC(=O)Nc3ccc(F)cc3F)s2)o1. The zero-order valence-corrected chi connectivity index (χ0v) is 15.2. The molecule has 0 atom stereocenters. The monoisotopic (exact) mass is 396 g/mol. The molecule has 0 radical (unpaired) electrons. The number of nitrogens with zero attached hydrogens (tertiary/aromatic N) is 2. The van der Waals surface area contributed by atoms with Gasteiger partial charge in [0.25, 0.3) is 0 Å². The third-order valence-electron chi connectivity index (χ3n) is 3.17. The number of nitrogens with one attached hydrogen (secondary N) is 2. The van der Waals surface area contributed by atoms with Gasteiger partial charge in [-0.15, -0.1) is 11.8 Å². The van der Waals surface area contributed by atoms with Gasteiger partial charge in [-0.05, 0) is 12.1 Å². The first-order chi connectivity index (χ1) is 12.5. The molecule has 0 saturated heterocycles. The minimum atomic E-state index is -0.854. The molecular formula is C16H14F2N4O2S2. The summed E-state index contributed by atoms with van der Waals surface area (Å²) in [5.41, 5.74) is -0.120. The highest BCUT2D eigenvalue weighted by Crippen LogP contribution is 2.30. The second-order valence-electron chi connectivity index (χ2n) is 5.05. The maximum absolute atomic E-state index is 13.5. The molecule has 0 aliphatic carbocycles. The molecule has 1 aromatic carbocycles. The van der Waals surface area contributed by atoms with Gasteiger partial charge in [0.15, 0.2) is 5.13 Å². The lowest BCUT2D eigenvalue weighted by Gasteiger charge is -2.06. The summed E-state index contributed by atoms with van der Waals surface area (Å²) in [5, 5.41) is 5.17. The first-order valence-corrected chi connectivity index (χ1v) is 9.39. The number of aromatic nitrogens is 2. The average Bonchev–Trinajstić information content (AvgIpc) is 3.24. The van der Waals surface area contributed by atoms with E-state index < -0.39 is 17.7 Å². The molecule has 2 heterocycles. The van der Waals surface area contributed by atoms with Crippen molar-refractivity contribution in [1.82, 2.24) is 9.97 Å². The summed E-state index contributed by atoms with van der Waals surface area (Å²) in [5.74, 6) is 0.436. The van der Waals surface area contributed by atoms with Crippen LogP contribution in [-0.4, -0.2) is 16.0 Å². The highest BCUT2D eigenvalue weighted by atomic mass is 32.2. The second kappa shape index (κ2) is 8.28. The molecule has 0 bridgehead atoms. The Morgan fingerprint density at radius 3 is 2.85 bits per heavy atom. The Balaban J connectivity index is 1.53. The number of rotatable bonds is 6. The van der Waals surface area contributed by atoms with E-state index in [-0.39, 0.29) is 5.69 Å². The van der Waals surface area contributed by atoms with E-state index in [9.17, 15) is 13.6 Å². The Kier molecular flexibility index (Phi) is 5.84. The van der Waals surface area contributed by atoms with Gasteiger partial charge in [-0.3, -0.25) is 5.32 Å². The van der Waals surface area contributed by atoms with Crippen molar-refractivity contribution in [2.75, 3.05) is 10.6 Å². The first kappa shape index (κ1) is 18.3. The van der Waals surface area contributed by atoms with Gasteiger partial charge >= 0.3 is 6.03 Å². The lowest BCUT2D eigenvalue weighted by Crippen LogP contribution is -2.20. The van der Waals surface area contributed by atoms with Crippen LogP contribution in [0.3, 0.4) is 0 Å². The molecule has 6 nitrogen and oxygen atoms in total. The van der Waals surface area contributed by atoms with E-state index in [0.29, 0.717) is 22.8 Å². The summed E-state index contributed by atoms with van der Waals surface area (Å²) < 4.78 is 32.8. The third-order valence-corrected chi connectivity index (χ3v) is 5.26. The van der Waals surface area contributed by atoms with Crippen LogP contribution in [0.5, 0.6) is 0 Å². The first-order valence-electron chi connectivity index (χ1n) is 7.58. The van der Waals surface area contributed by atoms with Gasteiger partial charge in [0, 0.05) is 12.5 Å². The fourth-order valence-electron chi connectivity index (χ4n) is 1.94. The minimum absolute atomic E-state index is 0.120. The van der Waals surface area contributed by atoms with E-state index in [0.717, 1.165) is 28.5 Å². The van der Waals surface area contributed by atoms with E-state index in [2.05, 4.69) is 20.6 Å².